The molecule has 0 aliphatic carbocycles. The molecule has 4 heteroatoms. The number of hydrogen-bond acceptors (Lipinski definition) is 2. The van der Waals surface area contributed by atoms with Gasteiger partial charge in [0.1, 0.15) is 16.5 Å². The third-order valence-corrected chi connectivity index (χ3v) is 2.84. The first-order valence-corrected chi connectivity index (χ1v) is 5.12. The van der Waals surface area contributed by atoms with Gasteiger partial charge in [-0.3, -0.25) is 4.98 Å². The Balaban J connectivity index is 2.60. The number of aromatic nitrogens is 2. The third kappa shape index (κ3) is 1.25. The smallest absolute Gasteiger partial charge is 0.149 e. The molecular formula is C12H6ClFN2. The molecule has 0 aliphatic rings. The van der Waals surface area contributed by atoms with Crippen molar-refractivity contribution >= 4 is 33.3 Å². The zero-order valence-corrected chi connectivity index (χ0v) is 8.87. The Morgan fingerprint density at radius 3 is 2.75 bits per heavy atom. The molecule has 0 spiro atoms. The van der Waals surface area contributed by atoms with Crippen molar-refractivity contribution in [1.29, 1.82) is 0 Å². The second-order valence-corrected chi connectivity index (χ2v) is 3.82. The molecule has 0 N–H and O–H groups in total. The molecule has 0 saturated carbocycles. The predicted molar refractivity (Wildman–Crippen MR) is 62.0 cm³/mol. The number of nitrogens with zero attached hydrogens (tertiary/aromatic N) is 2. The lowest BCUT2D eigenvalue weighted by Gasteiger charge is -2.04. The largest absolute Gasteiger partial charge is 0.252 e. The molecule has 0 saturated heterocycles. The van der Waals surface area contributed by atoms with Crippen LogP contribution in [0.1, 0.15) is 0 Å². The maximum atomic E-state index is 13.5. The van der Waals surface area contributed by atoms with Gasteiger partial charge in [-0.05, 0) is 17.5 Å². The highest BCUT2D eigenvalue weighted by molar-refractivity contribution is 6.35. The minimum absolute atomic E-state index is 0.327. The van der Waals surface area contributed by atoms with Gasteiger partial charge < -0.3 is 0 Å². The van der Waals surface area contributed by atoms with Crippen LogP contribution in [0.3, 0.4) is 0 Å². The molecule has 0 radical (unpaired) electrons. The second kappa shape index (κ2) is 3.39. The molecular weight excluding hydrogens is 227 g/mol. The van der Waals surface area contributed by atoms with E-state index in [0.29, 0.717) is 10.7 Å². The molecule has 2 heterocycles. The van der Waals surface area contributed by atoms with E-state index in [9.17, 15) is 4.39 Å². The highest BCUT2D eigenvalue weighted by Gasteiger charge is 2.07. The molecule has 2 aromatic heterocycles. The monoisotopic (exact) mass is 232 g/mol. The van der Waals surface area contributed by atoms with E-state index >= 15 is 0 Å². The quantitative estimate of drug-likeness (QED) is 0.437. The SMILES string of the molecule is Fc1cccc2c1ncc1c(Cl)nccc12. The van der Waals surface area contributed by atoms with E-state index in [1.165, 1.54) is 6.07 Å². The van der Waals surface area contributed by atoms with E-state index in [-0.39, 0.29) is 5.82 Å². The lowest BCUT2D eigenvalue weighted by atomic mass is 10.1. The van der Waals surface area contributed by atoms with Gasteiger partial charge in [0, 0.05) is 23.2 Å². The Kier molecular flexibility index (Phi) is 2.01. The van der Waals surface area contributed by atoms with Crippen molar-refractivity contribution in [3.05, 3.63) is 47.6 Å². The summed E-state index contributed by atoms with van der Waals surface area (Å²) in [6, 6.07) is 6.69. The van der Waals surface area contributed by atoms with Gasteiger partial charge in [0.2, 0.25) is 0 Å². The first-order valence-electron chi connectivity index (χ1n) is 4.75. The number of para-hydroxylation sites is 1. The van der Waals surface area contributed by atoms with Crippen LogP contribution in [0.2, 0.25) is 5.15 Å². The van der Waals surface area contributed by atoms with Gasteiger partial charge in [-0.1, -0.05) is 23.7 Å². The van der Waals surface area contributed by atoms with Crippen LogP contribution >= 0.6 is 11.6 Å². The number of hydrogen-bond donors (Lipinski definition) is 0. The number of fused-ring (bicyclic) bond motifs is 3. The molecule has 0 fully saturated rings. The zero-order chi connectivity index (χ0) is 11.1. The van der Waals surface area contributed by atoms with Gasteiger partial charge in [-0.25, -0.2) is 9.37 Å². The number of pyridine rings is 2. The first kappa shape index (κ1) is 9.48. The fourth-order valence-corrected chi connectivity index (χ4v) is 2.01. The minimum atomic E-state index is -0.327. The summed E-state index contributed by atoms with van der Waals surface area (Å²) in [5.74, 6) is -0.327. The van der Waals surface area contributed by atoms with Crippen LogP contribution in [-0.2, 0) is 0 Å². The van der Waals surface area contributed by atoms with Crippen molar-refractivity contribution < 1.29 is 4.39 Å². The normalized spacial score (nSPS) is 11.1. The van der Waals surface area contributed by atoms with E-state index in [2.05, 4.69) is 9.97 Å². The number of halogens is 2. The highest BCUT2D eigenvalue weighted by Crippen LogP contribution is 2.27. The van der Waals surface area contributed by atoms with Gasteiger partial charge in [-0.15, -0.1) is 0 Å². The Labute approximate surface area is 95.7 Å². The second-order valence-electron chi connectivity index (χ2n) is 3.46. The highest BCUT2D eigenvalue weighted by atomic mass is 35.5. The van der Waals surface area contributed by atoms with Crippen LogP contribution < -0.4 is 0 Å². The van der Waals surface area contributed by atoms with Crippen LogP contribution in [0, 0.1) is 5.82 Å². The minimum Gasteiger partial charge on any atom is -0.252 e. The Morgan fingerprint density at radius 1 is 1.00 bits per heavy atom. The van der Waals surface area contributed by atoms with E-state index in [1.807, 2.05) is 12.1 Å². The maximum Gasteiger partial charge on any atom is 0.149 e. The molecule has 16 heavy (non-hydrogen) atoms. The zero-order valence-electron chi connectivity index (χ0n) is 8.11. The van der Waals surface area contributed by atoms with E-state index in [4.69, 9.17) is 11.6 Å². The van der Waals surface area contributed by atoms with E-state index in [1.54, 1.807) is 18.5 Å². The third-order valence-electron chi connectivity index (χ3n) is 2.54. The summed E-state index contributed by atoms with van der Waals surface area (Å²) >= 11 is 5.95. The molecule has 0 unspecified atom stereocenters. The summed E-state index contributed by atoms with van der Waals surface area (Å²) in [5, 5.41) is 2.74. The van der Waals surface area contributed by atoms with E-state index in [0.717, 1.165) is 16.2 Å². The van der Waals surface area contributed by atoms with Crippen molar-refractivity contribution in [1.82, 2.24) is 9.97 Å². The van der Waals surface area contributed by atoms with Crippen molar-refractivity contribution in [3.8, 4) is 0 Å². The topological polar surface area (TPSA) is 25.8 Å². The standard InChI is InChI=1S/C12H6ClFN2/c13-12-9-6-16-11-8(2-1-3-10(11)14)7(9)4-5-15-12/h1-6H. The van der Waals surface area contributed by atoms with Gasteiger partial charge in [0.05, 0.1) is 0 Å². The summed E-state index contributed by atoms with van der Waals surface area (Å²) in [4.78, 5) is 8.04. The molecule has 3 rings (SSSR count). The number of benzene rings is 1. The van der Waals surface area contributed by atoms with Gasteiger partial charge >= 0.3 is 0 Å². The molecule has 78 valence electrons. The summed E-state index contributed by atoms with van der Waals surface area (Å²) < 4.78 is 13.5. The van der Waals surface area contributed by atoms with Crippen LogP contribution in [0.25, 0.3) is 21.7 Å². The predicted octanol–water partition coefficient (Wildman–Crippen LogP) is 3.58. The van der Waals surface area contributed by atoms with Gasteiger partial charge in [-0.2, -0.15) is 0 Å². The molecule has 0 bridgehead atoms. The van der Waals surface area contributed by atoms with Crippen LogP contribution in [0.4, 0.5) is 4.39 Å². The number of rotatable bonds is 0. The van der Waals surface area contributed by atoms with Crippen molar-refractivity contribution in [2.75, 3.05) is 0 Å². The molecule has 1 aromatic carbocycles. The first-order chi connectivity index (χ1) is 7.77. The van der Waals surface area contributed by atoms with Gasteiger partial charge in [0.15, 0.2) is 0 Å². The Hall–Kier alpha value is -1.74. The summed E-state index contributed by atoms with van der Waals surface area (Å²) in [6.07, 6.45) is 3.16. The summed E-state index contributed by atoms with van der Waals surface area (Å²) in [7, 11) is 0. The molecule has 3 aromatic rings. The van der Waals surface area contributed by atoms with Crippen LogP contribution in [-0.4, -0.2) is 9.97 Å². The molecule has 0 aliphatic heterocycles. The van der Waals surface area contributed by atoms with Gasteiger partial charge in [0.25, 0.3) is 0 Å². The fourth-order valence-electron chi connectivity index (χ4n) is 1.80. The maximum absolute atomic E-state index is 13.5. The average molecular weight is 233 g/mol. The summed E-state index contributed by atoms with van der Waals surface area (Å²) in [5.41, 5.74) is 0.359. The molecule has 0 atom stereocenters. The Morgan fingerprint density at radius 2 is 1.88 bits per heavy atom. The Bertz CT molecular complexity index is 636. The molecule has 2 nitrogen and oxygen atoms in total. The van der Waals surface area contributed by atoms with Crippen LogP contribution in [0.5, 0.6) is 0 Å². The van der Waals surface area contributed by atoms with Crippen molar-refractivity contribution in [3.63, 3.8) is 0 Å². The average Bonchev–Trinajstić information content (AvgIpc) is 2.30. The van der Waals surface area contributed by atoms with E-state index < -0.39 is 0 Å². The lowest BCUT2D eigenvalue weighted by Crippen LogP contribution is -1.87. The lowest BCUT2D eigenvalue weighted by molar-refractivity contribution is 0.637. The molecule has 0 amide bonds. The summed E-state index contributed by atoms with van der Waals surface area (Å²) in [6.45, 7) is 0. The van der Waals surface area contributed by atoms with Crippen molar-refractivity contribution in [2.45, 2.75) is 0 Å². The van der Waals surface area contributed by atoms with Crippen molar-refractivity contribution in [2.24, 2.45) is 0 Å². The fraction of sp³-hybridized carbons (Fsp3) is 0. The van der Waals surface area contributed by atoms with Crippen LogP contribution in [0.15, 0.2) is 36.7 Å².